The lowest BCUT2D eigenvalue weighted by Crippen LogP contribution is -2.16. The molecule has 1 fully saturated rings. The summed E-state index contributed by atoms with van der Waals surface area (Å²) in [6.45, 7) is -0.175. The number of aliphatic hydroxyl groups is 1. The molecule has 2 aromatic rings. The van der Waals surface area contributed by atoms with Crippen LogP contribution in [0.1, 0.15) is 46.9 Å². The van der Waals surface area contributed by atoms with Gasteiger partial charge in [0.25, 0.3) is 0 Å². The van der Waals surface area contributed by atoms with Gasteiger partial charge in [0, 0.05) is 5.92 Å². The van der Waals surface area contributed by atoms with E-state index < -0.39 is 5.97 Å². The fourth-order valence-corrected chi connectivity index (χ4v) is 2.72. The summed E-state index contributed by atoms with van der Waals surface area (Å²) in [7, 11) is 0. The molecule has 2 N–H and O–H groups in total. The smallest absolute Gasteiger partial charge is 0.337 e. The predicted octanol–water partition coefficient (Wildman–Crippen LogP) is 2.38. The minimum atomic E-state index is -1.09. The Hall–Kier alpha value is -1.92. The largest absolute Gasteiger partial charge is 0.478 e. The first-order valence-electron chi connectivity index (χ1n) is 6.70. The number of aromatic carboxylic acids is 1. The van der Waals surface area contributed by atoms with Gasteiger partial charge in [0.15, 0.2) is 0 Å². The molecule has 1 saturated carbocycles. The highest BCUT2D eigenvalue weighted by molar-refractivity contribution is 6.33. The maximum atomic E-state index is 11.2. The number of aromatic nitrogens is 3. The number of hydrogen-bond donors (Lipinski definition) is 2. The minimum absolute atomic E-state index is 0.0229. The fourth-order valence-electron chi connectivity index (χ4n) is 2.52. The van der Waals surface area contributed by atoms with Crippen molar-refractivity contribution >= 4 is 17.6 Å². The predicted molar refractivity (Wildman–Crippen MR) is 75.8 cm³/mol. The normalized spacial score (nSPS) is 15.0. The summed E-state index contributed by atoms with van der Waals surface area (Å²) < 4.78 is 1.61. The van der Waals surface area contributed by atoms with Crippen molar-refractivity contribution in [3.8, 4) is 5.69 Å². The third-order valence-corrected chi connectivity index (χ3v) is 4.17. The summed E-state index contributed by atoms with van der Waals surface area (Å²) in [5.74, 6) is -0.777. The molecule has 7 heteroatoms. The Labute approximate surface area is 126 Å². The molecule has 1 aromatic carbocycles. The van der Waals surface area contributed by atoms with Crippen molar-refractivity contribution in [2.24, 2.45) is 0 Å². The van der Waals surface area contributed by atoms with E-state index in [1.54, 1.807) is 10.7 Å². The topological polar surface area (TPSA) is 88.2 Å². The molecule has 0 aliphatic heterocycles. The highest BCUT2D eigenvalue weighted by Gasteiger charge is 2.28. The van der Waals surface area contributed by atoms with Crippen LogP contribution in [0.15, 0.2) is 18.2 Å². The van der Waals surface area contributed by atoms with Gasteiger partial charge in [-0.05, 0) is 31.0 Å². The number of aliphatic hydroxyl groups excluding tert-OH is 1. The van der Waals surface area contributed by atoms with Gasteiger partial charge >= 0.3 is 5.97 Å². The fraction of sp³-hybridized carbons (Fsp3) is 0.357. The Bertz CT molecular complexity index is 695. The number of hydrogen-bond acceptors (Lipinski definition) is 4. The lowest BCUT2D eigenvalue weighted by molar-refractivity contribution is 0.0697. The summed E-state index contributed by atoms with van der Waals surface area (Å²) >= 11 is 5.89. The van der Waals surface area contributed by atoms with Crippen molar-refractivity contribution in [1.82, 2.24) is 15.0 Å². The molecule has 1 aliphatic rings. The summed E-state index contributed by atoms with van der Waals surface area (Å²) in [6.07, 6.45) is 3.20. The molecule has 1 aliphatic carbocycles. The Morgan fingerprint density at radius 2 is 2.19 bits per heavy atom. The summed E-state index contributed by atoms with van der Waals surface area (Å²) in [6, 6.07) is 4.71. The number of carboxylic acid groups (broad SMARTS) is 1. The third-order valence-electron chi connectivity index (χ3n) is 3.85. The molecular formula is C14H14ClN3O3. The highest BCUT2D eigenvalue weighted by Crippen LogP contribution is 2.38. The van der Waals surface area contributed by atoms with Crippen molar-refractivity contribution in [3.05, 3.63) is 40.2 Å². The van der Waals surface area contributed by atoms with Crippen molar-refractivity contribution in [3.63, 3.8) is 0 Å². The molecular weight excluding hydrogens is 294 g/mol. The van der Waals surface area contributed by atoms with Crippen LogP contribution >= 0.6 is 11.6 Å². The summed E-state index contributed by atoms with van der Waals surface area (Å²) in [5, 5.41) is 26.8. The molecule has 3 rings (SSSR count). The van der Waals surface area contributed by atoms with Crippen LogP contribution in [-0.2, 0) is 6.61 Å². The zero-order valence-electron chi connectivity index (χ0n) is 11.2. The molecule has 6 nitrogen and oxygen atoms in total. The zero-order chi connectivity index (χ0) is 15.0. The van der Waals surface area contributed by atoms with E-state index in [0.29, 0.717) is 17.3 Å². The SMILES string of the molecule is O=C(O)c1cc(-n2nnc(CO)c2C2CCC2)ccc1Cl. The van der Waals surface area contributed by atoms with E-state index in [0.717, 1.165) is 25.0 Å². The maximum Gasteiger partial charge on any atom is 0.337 e. The van der Waals surface area contributed by atoms with Gasteiger partial charge in [-0.15, -0.1) is 5.10 Å². The molecule has 0 unspecified atom stereocenters. The average Bonchev–Trinajstić information content (AvgIpc) is 2.81. The number of benzene rings is 1. The third kappa shape index (κ3) is 2.41. The van der Waals surface area contributed by atoms with Crippen molar-refractivity contribution in [2.75, 3.05) is 0 Å². The number of carbonyl (C=O) groups is 1. The van der Waals surface area contributed by atoms with E-state index in [4.69, 9.17) is 16.7 Å². The van der Waals surface area contributed by atoms with Gasteiger partial charge in [0.1, 0.15) is 5.69 Å². The Kier molecular flexibility index (Phi) is 3.65. The van der Waals surface area contributed by atoms with Crippen LogP contribution in [0.2, 0.25) is 5.02 Å². The first-order chi connectivity index (χ1) is 10.1. The van der Waals surface area contributed by atoms with E-state index in [1.807, 2.05) is 0 Å². The van der Waals surface area contributed by atoms with Gasteiger partial charge in [0.05, 0.1) is 28.6 Å². The minimum Gasteiger partial charge on any atom is -0.478 e. The van der Waals surface area contributed by atoms with Crippen LogP contribution < -0.4 is 0 Å². The highest BCUT2D eigenvalue weighted by atomic mass is 35.5. The molecule has 110 valence electrons. The zero-order valence-corrected chi connectivity index (χ0v) is 11.9. The maximum absolute atomic E-state index is 11.2. The molecule has 1 aromatic heterocycles. The Balaban J connectivity index is 2.10. The van der Waals surface area contributed by atoms with E-state index in [1.165, 1.54) is 12.1 Å². The Morgan fingerprint density at radius 3 is 2.76 bits per heavy atom. The monoisotopic (exact) mass is 307 g/mol. The molecule has 0 spiro atoms. The van der Waals surface area contributed by atoms with Crippen LogP contribution in [0.3, 0.4) is 0 Å². The quantitative estimate of drug-likeness (QED) is 0.905. The van der Waals surface area contributed by atoms with Gasteiger partial charge in [-0.25, -0.2) is 9.48 Å². The Morgan fingerprint density at radius 1 is 1.43 bits per heavy atom. The van der Waals surface area contributed by atoms with E-state index in [9.17, 15) is 9.90 Å². The first-order valence-corrected chi connectivity index (χ1v) is 7.08. The van der Waals surface area contributed by atoms with Crippen molar-refractivity contribution in [2.45, 2.75) is 31.8 Å². The number of nitrogens with zero attached hydrogens (tertiary/aromatic N) is 3. The molecule has 0 bridgehead atoms. The van der Waals surface area contributed by atoms with Gasteiger partial charge < -0.3 is 10.2 Å². The van der Waals surface area contributed by atoms with Gasteiger partial charge in [-0.1, -0.05) is 23.2 Å². The number of carboxylic acids is 1. The van der Waals surface area contributed by atoms with E-state index in [2.05, 4.69) is 10.3 Å². The summed E-state index contributed by atoms with van der Waals surface area (Å²) in [4.78, 5) is 11.2. The van der Waals surface area contributed by atoms with Crippen molar-refractivity contribution in [1.29, 1.82) is 0 Å². The molecule has 0 amide bonds. The van der Waals surface area contributed by atoms with E-state index in [-0.39, 0.29) is 17.2 Å². The van der Waals surface area contributed by atoms with Gasteiger partial charge in [-0.2, -0.15) is 0 Å². The van der Waals surface area contributed by atoms with Gasteiger partial charge in [-0.3, -0.25) is 0 Å². The van der Waals surface area contributed by atoms with Crippen LogP contribution in [0, 0.1) is 0 Å². The van der Waals surface area contributed by atoms with Crippen molar-refractivity contribution < 1.29 is 15.0 Å². The second kappa shape index (κ2) is 5.46. The number of halogens is 1. The second-order valence-electron chi connectivity index (χ2n) is 5.09. The molecule has 21 heavy (non-hydrogen) atoms. The molecule has 0 radical (unpaired) electrons. The van der Waals surface area contributed by atoms with Crippen LogP contribution in [-0.4, -0.2) is 31.2 Å². The van der Waals surface area contributed by atoms with E-state index >= 15 is 0 Å². The molecule has 0 atom stereocenters. The second-order valence-corrected chi connectivity index (χ2v) is 5.50. The molecule has 0 saturated heterocycles. The summed E-state index contributed by atoms with van der Waals surface area (Å²) in [5.41, 5.74) is 2.02. The lowest BCUT2D eigenvalue weighted by Gasteiger charge is -2.26. The average molecular weight is 308 g/mol. The lowest BCUT2D eigenvalue weighted by atomic mass is 9.82. The van der Waals surface area contributed by atoms with Crippen LogP contribution in [0.25, 0.3) is 5.69 Å². The number of rotatable bonds is 4. The standard InChI is InChI=1S/C14H14ClN3O3/c15-11-5-4-9(6-10(11)14(20)21)18-13(8-2-1-3-8)12(7-19)16-17-18/h4-6,8,19H,1-3,7H2,(H,20,21). The molecule has 1 heterocycles. The van der Waals surface area contributed by atoms with Gasteiger partial charge in [0.2, 0.25) is 0 Å². The first kappa shape index (κ1) is 14.0. The van der Waals surface area contributed by atoms with Crippen LogP contribution in [0.5, 0.6) is 0 Å². The van der Waals surface area contributed by atoms with Crippen LogP contribution in [0.4, 0.5) is 0 Å².